The van der Waals surface area contributed by atoms with Crippen LogP contribution in [0.15, 0.2) is 0 Å². The van der Waals surface area contributed by atoms with Gasteiger partial charge in [0, 0.05) is 19.1 Å². The fourth-order valence-corrected chi connectivity index (χ4v) is 4.11. The molecular formula is C16H32N2O. The Morgan fingerprint density at radius 1 is 1.21 bits per heavy atom. The summed E-state index contributed by atoms with van der Waals surface area (Å²) in [5.41, 5.74) is 6.55. The molecule has 1 aliphatic heterocycles. The van der Waals surface area contributed by atoms with E-state index < -0.39 is 0 Å². The van der Waals surface area contributed by atoms with Crippen LogP contribution in [-0.2, 0) is 4.74 Å². The quantitative estimate of drug-likeness (QED) is 0.851. The fraction of sp³-hybridized carbons (Fsp3) is 1.00. The zero-order valence-electron chi connectivity index (χ0n) is 13.0. The molecule has 2 aliphatic rings. The Balaban J connectivity index is 1.89. The molecule has 112 valence electrons. The van der Waals surface area contributed by atoms with Crippen LogP contribution in [0.2, 0.25) is 0 Å². The summed E-state index contributed by atoms with van der Waals surface area (Å²) in [6, 6.07) is 0.227. The molecule has 0 aromatic heterocycles. The molecule has 0 spiro atoms. The number of hydrogen-bond donors (Lipinski definition) is 1. The molecule has 1 aliphatic carbocycles. The van der Waals surface area contributed by atoms with Crippen molar-refractivity contribution in [3.05, 3.63) is 0 Å². The van der Waals surface area contributed by atoms with Gasteiger partial charge in [0.1, 0.15) is 0 Å². The molecular weight excluding hydrogens is 236 g/mol. The van der Waals surface area contributed by atoms with E-state index in [2.05, 4.69) is 25.7 Å². The average molecular weight is 268 g/mol. The van der Waals surface area contributed by atoms with E-state index >= 15 is 0 Å². The number of nitrogens with zero attached hydrogens (tertiary/aromatic N) is 1. The lowest BCUT2D eigenvalue weighted by molar-refractivity contribution is -0.0548. The molecule has 3 nitrogen and oxygen atoms in total. The zero-order valence-corrected chi connectivity index (χ0v) is 13.0. The molecule has 1 saturated heterocycles. The van der Waals surface area contributed by atoms with Crippen LogP contribution < -0.4 is 5.73 Å². The molecule has 0 aromatic rings. The van der Waals surface area contributed by atoms with Gasteiger partial charge in [-0.1, -0.05) is 20.8 Å². The van der Waals surface area contributed by atoms with Crippen molar-refractivity contribution in [3.8, 4) is 0 Å². The van der Waals surface area contributed by atoms with E-state index in [1.165, 1.54) is 32.2 Å². The number of rotatable bonds is 4. The molecule has 2 rings (SSSR count). The molecule has 2 N–H and O–H groups in total. The van der Waals surface area contributed by atoms with Gasteiger partial charge in [-0.25, -0.2) is 0 Å². The first-order valence-electron chi connectivity index (χ1n) is 8.19. The lowest BCUT2D eigenvalue weighted by Crippen LogP contribution is -2.54. The minimum Gasteiger partial charge on any atom is -0.374 e. The summed E-state index contributed by atoms with van der Waals surface area (Å²) in [6.45, 7) is 11.2. The molecule has 4 atom stereocenters. The Labute approximate surface area is 118 Å². The fourth-order valence-electron chi connectivity index (χ4n) is 4.11. The van der Waals surface area contributed by atoms with Gasteiger partial charge in [0.2, 0.25) is 0 Å². The monoisotopic (exact) mass is 268 g/mol. The molecule has 1 heterocycles. The van der Waals surface area contributed by atoms with Gasteiger partial charge in [0.25, 0.3) is 0 Å². The first-order chi connectivity index (χ1) is 9.10. The van der Waals surface area contributed by atoms with Crippen molar-refractivity contribution in [2.75, 3.05) is 26.2 Å². The molecule has 0 aromatic carbocycles. The standard InChI is InChI=1S/C16H32N2O/c1-4-5-18-6-7-19-15(11-18)16(17)14-9-12(2)8-13(3)10-14/h12-16H,4-11,17H2,1-3H3. The van der Waals surface area contributed by atoms with Crippen molar-refractivity contribution in [2.24, 2.45) is 23.5 Å². The number of hydrogen-bond acceptors (Lipinski definition) is 3. The molecule has 0 radical (unpaired) electrons. The first-order valence-corrected chi connectivity index (χ1v) is 8.19. The van der Waals surface area contributed by atoms with Crippen molar-refractivity contribution in [2.45, 2.75) is 58.6 Å². The van der Waals surface area contributed by atoms with E-state index in [1.54, 1.807) is 0 Å². The summed E-state index contributed by atoms with van der Waals surface area (Å²) in [6.07, 6.45) is 5.43. The second-order valence-electron chi connectivity index (χ2n) is 6.96. The lowest BCUT2D eigenvalue weighted by Gasteiger charge is -2.41. The minimum absolute atomic E-state index is 0.227. The van der Waals surface area contributed by atoms with Gasteiger partial charge in [-0.2, -0.15) is 0 Å². The summed E-state index contributed by atoms with van der Waals surface area (Å²) >= 11 is 0. The maximum Gasteiger partial charge on any atom is 0.0855 e. The summed E-state index contributed by atoms with van der Waals surface area (Å²) < 4.78 is 5.97. The highest BCUT2D eigenvalue weighted by Gasteiger charge is 2.34. The predicted octanol–water partition coefficient (Wildman–Crippen LogP) is 2.50. The van der Waals surface area contributed by atoms with Gasteiger partial charge in [-0.3, -0.25) is 4.90 Å². The van der Waals surface area contributed by atoms with Gasteiger partial charge in [-0.15, -0.1) is 0 Å². The number of morpholine rings is 1. The Morgan fingerprint density at radius 3 is 2.53 bits per heavy atom. The highest BCUT2D eigenvalue weighted by molar-refractivity contribution is 4.89. The van der Waals surface area contributed by atoms with Crippen molar-refractivity contribution in [3.63, 3.8) is 0 Å². The number of ether oxygens (including phenoxy) is 1. The molecule has 3 heteroatoms. The average Bonchev–Trinajstić information content (AvgIpc) is 2.37. The van der Waals surface area contributed by atoms with Gasteiger partial charge in [-0.05, 0) is 50.0 Å². The van der Waals surface area contributed by atoms with Crippen LogP contribution in [0.3, 0.4) is 0 Å². The molecule has 4 unspecified atom stereocenters. The van der Waals surface area contributed by atoms with Crippen LogP contribution in [0.25, 0.3) is 0 Å². The highest BCUT2D eigenvalue weighted by Crippen LogP contribution is 2.35. The third-order valence-electron chi connectivity index (χ3n) is 4.91. The summed E-state index contributed by atoms with van der Waals surface area (Å²) in [7, 11) is 0. The van der Waals surface area contributed by atoms with Crippen LogP contribution in [0.1, 0.15) is 46.5 Å². The largest absolute Gasteiger partial charge is 0.374 e. The second kappa shape index (κ2) is 7.05. The SMILES string of the molecule is CCCN1CCOC(C(N)C2CC(C)CC(C)C2)C1. The van der Waals surface area contributed by atoms with E-state index in [0.717, 1.165) is 31.5 Å². The minimum atomic E-state index is 0.227. The van der Waals surface area contributed by atoms with E-state index in [0.29, 0.717) is 5.92 Å². The summed E-state index contributed by atoms with van der Waals surface area (Å²) in [5, 5.41) is 0. The number of nitrogens with two attached hydrogens (primary N) is 1. The van der Waals surface area contributed by atoms with Crippen molar-refractivity contribution < 1.29 is 4.74 Å². The maximum atomic E-state index is 6.55. The third-order valence-corrected chi connectivity index (χ3v) is 4.91. The van der Waals surface area contributed by atoms with Crippen LogP contribution >= 0.6 is 0 Å². The molecule has 0 amide bonds. The Morgan fingerprint density at radius 2 is 1.89 bits per heavy atom. The Kier molecular flexibility index (Phi) is 5.67. The topological polar surface area (TPSA) is 38.5 Å². The first kappa shape index (κ1) is 15.3. The van der Waals surface area contributed by atoms with Crippen LogP contribution in [0.5, 0.6) is 0 Å². The normalized spacial score (nSPS) is 39.2. The van der Waals surface area contributed by atoms with E-state index in [9.17, 15) is 0 Å². The van der Waals surface area contributed by atoms with Crippen LogP contribution in [-0.4, -0.2) is 43.3 Å². The van der Waals surface area contributed by atoms with Gasteiger partial charge < -0.3 is 10.5 Å². The molecule has 1 saturated carbocycles. The smallest absolute Gasteiger partial charge is 0.0855 e. The van der Waals surface area contributed by atoms with E-state index in [-0.39, 0.29) is 12.1 Å². The lowest BCUT2D eigenvalue weighted by atomic mass is 9.73. The van der Waals surface area contributed by atoms with E-state index in [1.807, 2.05) is 0 Å². The predicted molar refractivity (Wildman–Crippen MR) is 80.1 cm³/mol. The molecule has 0 bridgehead atoms. The third kappa shape index (κ3) is 4.17. The Bertz CT molecular complexity index is 259. The van der Waals surface area contributed by atoms with E-state index in [4.69, 9.17) is 10.5 Å². The van der Waals surface area contributed by atoms with Gasteiger partial charge in [0.15, 0.2) is 0 Å². The van der Waals surface area contributed by atoms with Gasteiger partial charge >= 0.3 is 0 Å². The zero-order chi connectivity index (χ0) is 13.8. The van der Waals surface area contributed by atoms with Crippen molar-refractivity contribution in [1.82, 2.24) is 4.90 Å². The highest BCUT2D eigenvalue weighted by atomic mass is 16.5. The van der Waals surface area contributed by atoms with Gasteiger partial charge in [0.05, 0.1) is 12.7 Å². The Hall–Kier alpha value is -0.120. The summed E-state index contributed by atoms with van der Waals surface area (Å²) in [4.78, 5) is 2.52. The molecule has 2 fully saturated rings. The second-order valence-corrected chi connectivity index (χ2v) is 6.96. The van der Waals surface area contributed by atoms with Crippen molar-refractivity contribution >= 4 is 0 Å². The maximum absolute atomic E-state index is 6.55. The van der Waals surface area contributed by atoms with Crippen LogP contribution in [0, 0.1) is 17.8 Å². The van der Waals surface area contributed by atoms with Crippen LogP contribution in [0.4, 0.5) is 0 Å². The molecule has 19 heavy (non-hydrogen) atoms. The van der Waals surface area contributed by atoms with Crippen molar-refractivity contribution in [1.29, 1.82) is 0 Å². The summed E-state index contributed by atoms with van der Waals surface area (Å²) in [5.74, 6) is 2.32.